The molecule has 0 aliphatic carbocycles. The molecular weight excluding hydrogens is 758 g/mol. The summed E-state index contributed by atoms with van der Waals surface area (Å²) in [5.41, 5.74) is 0. The number of hydrogen-bond donors (Lipinski definition) is 0. The van der Waals surface area contributed by atoms with Crippen molar-refractivity contribution in [2.75, 3.05) is 0 Å². The van der Waals surface area contributed by atoms with E-state index in [1.54, 1.807) is 26.6 Å². The summed E-state index contributed by atoms with van der Waals surface area (Å²) in [5.74, 6) is 0. The van der Waals surface area contributed by atoms with Crippen molar-refractivity contribution >= 4 is 37.6 Å². The maximum absolute atomic E-state index is 8.49. The molecule has 0 radical (unpaired) electrons. The summed E-state index contributed by atoms with van der Waals surface area (Å²) in [6, 6.07) is 0. The molecule has 3 heteroatoms. The van der Waals surface area contributed by atoms with Crippen LogP contribution in [0.3, 0.4) is 0 Å². The van der Waals surface area contributed by atoms with Gasteiger partial charge in [-0.25, -0.2) is 0 Å². The van der Waals surface area contributed by atoms with Crippen molar-refractivity contribution in [3.8, 4) is 0 Å². The van der Waals surface area contributed by atoms with Crippen LogP contribution in [0.2, 0.25) is 26.6 Å². The quantitative estimate of drug-likeness (QED) is 0.0444. The fourth-order valence-corrected chi connectivity index (χ4v) is 61.1. The van der Waals surface area contributed by atoms with Crippen molar-refractivity contribution in [3.05, 3.63) is 0 Å². The van der Waals surface area contributed by atoms with Crippen LogP contribution >= 0.6 is 0 Å². The van der Waals surface area contributed by atoms with Crippen LogP contribution < -0.4 is 0 Å². The Balaban J connectivity index is 6.24. The first-order chi connectivity index (χ1) is 22.1. The number of hydrogen-bond acceptors (Lipinski definition) is 1. The Bertz CT molecular complexity index is 445. The van der Waals surface area contributed by atoms with Gasteiger partial charge in [-0.2, -0.15) is 0 Å². The minimum absolute atomic E-state index is 1.37. The maximum atomic E-state index is 8.49. The van der Waals surface area contributed by atoms with E-state index in [1.165, 1.54) is 193 Å². The van der Waals surface area contributed by atoms with Gasteiger partial charge in [0.2, 0.25) is 0 Å². The summed E-state index contributed by atoms with van der Waals surface area (Å²) >= 11 is -5.49. The molecule has 0 heterocycles. The molecule has 272 valence electrons. The van der Waals surface area contributed by atoms with E-state index in [0.29, 0.717) is 0 Å². The molecule has 0 bridgehead atoms. The summed E-state index contributed by atoms with van der Waals surface area (Å²) in [7, 11) is 0. The molecule has 0 aliphatic rings. The molecule has 45 heavy (non-hydrogen) atoms. The summed E-state index contributed by atoms with van der Waals surface area (Å²) in [6.07, 6.45) is 43.5. The Hall–Kier alpha value is 1.56. The second-order valence-electron chi connectivity index (χ2n) is 15.5. The monoisotopic (exact) mass is 851 g/mol. The van der Waals surface area contributed by atoms with Gasteiger partial charge in [-0.3, -0.25) is 0 Å². The normalized spacial score (nSPS) is 12.4. The van der Waals surface area contributed by atoms with E-state index in [9.17, 15) is 0 Å². The third-order valence-electron chi connectivity index (χ3n) is 10.8. The van der Waals surface area contributed by atoms with Crippen LogP contribution in [0.15, 0.2) is 0 Å². The van der Waals surface area contributed by atoms with E-state index in [2.05, 4.69) is 41.5 Å². The predicted octanol–water partition coefficient (Wildman–Crippen LogP) is 16.7. The first-order valence-corrected chi connectivity index (χ1v) is 36.2. The Morgan fingerprint density at radius 3 is 0.533 bits per heavy atom. The fourth-order valence-electron chi connectivity index (χ4n) is 7.82. The standard InChI is InChI=1S/6C7H15.O.2Sn/c6*1-3-5-7-6-4-2;;;/h6*1,3-7H2,2H3;;;. The molecule has 0 saturated carbocycles. The first-order valence-electron chi connectivity index (χ1n) is 21.8. The van der Waals surface area contributed by atoms with Crippen LogP contribution in [0, 0.1) is 0 Å². The van der Waals surface area contributed by atoms with E-state index in [1.807, 2.05) is 0 Å². The van der Waals surface area contributed by atoms with Crippen LogP contribution in [0.5, 0.6) is 0 Å². The van der Waals surface area contributed by atoms with E-state index in [0.717, 1.165) is 0 Å². The molecule has 0 fully saturated rings. The molecule has 0 rings (SSSR count). The van der Waals surface area contributed by atoms with E-state index in [-0.39, 0.29) is 0 Å². The molecule has 0 spiro atoms. The summed E-state index contributed by atoms with van der Waals surface area (Å²) in [4.78, 5) is 0. The van der Waals surface area contributed by atoms with Crippen LogP contribution in [0.25, 0.3) is 0 Å². The molecule has 0 aromatic carbocycles. The van der Waals surface area contributed by atoms with Gasteiger partial charge in [0.15, 0.2) is 0 Å². The van der Waals surface area contributed by atoms with E-state index in [4.69, 9.17) is 1.41 Å². The van der Waals surface area contributed by atoms with E-state index >= 15 is 0 Å². The SMILES string of the molecule is CCCCCC[CH2][Sn]([CH2]CCCCCC)([CH2]CCCCCC)[O][Sn]([CH2]CCCCCC)([CH2]CCCCCC)[CH2]CCCCCC. The van der Waals surface area contributed by atoms with Crippen molar-refractivity contribution in [1.29, 1.82) is 0 Å². The number of unbranched alkanes of at least 4 members (excludes halogenated alkanes) is 24. The molecule has 0 atom stereocenters. The van der Waals surface area contributed by atoms with Gasteiger partial charge in [-0.05, 0) is 0 Å². The molecule has 1 nitrogen and oxygen atoms in total. The second kappa shape index (κ2) is 35.4. The van der Waals surface area contributed by atoms with Gasteiger partial charge in [0.1, 0.15) is 0 Å². The van der Waals surface area contributed by atoms with E-state index < -0.39 is 37.6 Å². The molecule has 0 aliphatic heterocycles. The molecule has 0 N–H and O–H groups in total. The first kappa shape index (κ1) is 46.6. The molecule has 0 aromatic heterocycles. The zero-order chi connectivity index (χ0) is 33.2. The topological polar surface area (TPSA) is 9.23 Å². The van der Waals surface area contributed by atoms with Crippen LogP contribution in [-0.2, 0) is 1.41 Å². The van der Waals surface area contributed by atoms with Crippen molar-refractivity contribution in [3.63, 3.8) is 0 Å². The second-order valence-corrected chi connectivity index (χ2v) is 42.0. The molecule has 0 unspecified atom stereocenters. The third-order valence-corrected chi connectivity index (χ3v) is 51.6. The van der Waals surface area contributed by atoms with Gasteiger partial charge in [0, 0.05) is 0 Å². The average molecular weight is 849 g/mol. The van der Waals surface area contributed by atoms with Crippen LogP contribution in [0.1, 0.15) is 234 Å². The van der Waals surface area contributed by atoms with Gasteiger partial charge in [-0.15, -0.1) is 0 Å². The Morgan fingerprint density at radius 1 is 0.222 bits per heavy atom. The Kier molecular flexibility index (Phi) is 36.6. The van der Waals surface area contributed by atoms with Crippen molar-refractivity contribution in [2.45, 2.75) is 261 Å². The van der Waals surface area contributed by atoms with Gasteiger partial charge < -0.3 is 0 Å². The van der Waals surface area contributed by atoms with Gasteiger partial charge in [-0.1, -0.05) is 0 Å². The summed E-state index contributed by atoms with van der Waals surface area (Å²) in [6.45, 7) is 14.3. The zero-order valence-corrected chi connectivity index (χ0v) is 38.6. The van der Waals surface area contributed by atoms with Gasteiger partial charge in [0.05, 0.1) is 0 Å². The summed E-state index contributed by atoms with van der Waals surface area (Å²) < 4.78 is 18.0. The fraction of sp³-hybridized carbons (Fsp3) is 1.00. The predicted molar refractivity (Wildman–Crippen MR) is 214 cm³/mol. The average Bonchev–Trinajstić information content (AvgIpc) is 3.04. The van der Waals surface area contributed by atoms with Crippen molar-refractivity contribution in [1.82, 2.24) is 0 Å². The number of rotatable bonds is 38. The Morgan fingerprint density at radius 2 is 0.378 bits per heavy atom. The molecule has 0 aromatic rings. The van der Waals surface area contributed by atoms with Crippen molar-refractivity contribution < 1.29 is 1.41 Å². The summed E-state index contributed by atoms with van der Waals surface area (Å²) in [5, 5.41) is 0. The van der Waals surface area contributed by atoms with Crippen LogP contribution in [-0.4, -0.2) is 37.6 Å². The molecule has 0 saturated heterocycles. The van der Waals surface area contributed by atoms with Gasteiger partial charge >= 0.3 is 300 Å². The zero-order valence-electron chi connectivity index (χ0n) is 32.9. The third kappa shape index (κ3) is 28.0. The molecular formula is C42H90OSn2. The van der Waals surface area contributed by atoms with Crippen LogP contribution in [0.4, 0.5) is 0 Å². The molecule has 0 amide bonds. The minimum atomic E-state index is -2.74. The van der Waals surface area contributed by atoms with Gasteiger partial charge in [0.25, 0.3) is 0 Å². The van der Waals surface area contributed by atoms with Crippen molar-refractivity contribution in [2.24, 2.45) is 0 Å². The Labute approximate surface area is 297 Å².